The van der Waals surface area contributed by atoms with Crippen LogP contribution in [0, 0.1) is 0 Å². The van der Waals surface area contributed by atoms with E-state index in [0.717, 1.165) is 18.6 Å². The van der Waals surface area contributed by atoms with Crippen LogP contribution in [0.4, 0.5) is 0 Å². The highest BCUT2D eigenvalue weighted by atomic mass is 32.2. The summed E-state index contributed by atoms with van der Waals surface area (Å²) >= 11 is 1.81. The Bertz CT molecular complexity index is 496. The Hall–Kier alpha value is -0.560. The molecule has 0 bridgehead atoms. The highest BCUT2D eigenvalue weighted by Crippen LogP contribution is 2.26. The maximum Gasteiger partial charge on any atom is 0.240 e. The fraction of sp³-hybridized carbons (Fsp3) is 0.500. The molecule has 0 spiro atoms. The molecule has 1 heterocycles. The van der Waals surface area contributed by atoms with Gasteiger partial charge in [0.05, 0.1) is 11.5 Å². The van der Waals surface area contributed by atoms with E-state index in [9.17, 15) is 8.42 Å². The summed E-state index contributed by atoms with van der Waals surface area (Å²) in [5.41, 5.74) is 0.434. The molecule has 1 unspecified atom stereocenters. The van der Waals surface area contributed by atoms with Crippen molar-refractivity contribution in [3.63, 3.8) is 0 Å². The van der Waals surface area contributed by atoms with Gasteiger partial charge in [-0.15, -0.1) is 0 Å². The Morgan fingerprint density at radius 3 is 2.83 bits per heavy atom. The lowest BCUT2D eigenvalue weighted by molar-refractivity contribution is 0.278. The van der Waals surface area contributed by atoms with Crippen molar-refractivity contribution in [1.82, 2.24) is 4.72 Å². The number of hydrogen-bond acceptors (Lipinski definition) is 4. The zero-order valence-electron chi connectivity index (χ0n) is 10.0. The molecular formula is C12H17NO3S2. The molecule has 4 nitrogen and oxygen atoms in total. The van der Waals surface area contributed by atoms with E-state index in [4.69, 9.17) is 5.11 Å². The van der Waals surface area contributed by atoms with Crippen molar-refractivity contribution in [3.05, 3.63) is 29.8 Å². The predicted molar refractivity (Wildman–Crippen MR) is 73.0 cm³/mol. The van der Waals surface area contributed by atoms with Crippen LogP contribution in [0.2, 0.25) is 0 Å². The molecule has 1 fully saturated rings. The summed E-state index contributed by atoms with van der Waals surface area (Å²) in [5.74, 6) is 1.11. The lowest BCUT2D eigenvalue weighted by Gasteiger charge is -2.12. The van der Waals surface area contributed by atoms with E-state index in [0.29, 0.717) is 17.4 Å². The van der Waals surface area contributed by atoms with Crippen LogP contribution in [0.15, 0.2) is 29.2 Å². The summed E-state index contributed by atoms with van der Waals surface area (Å²) in [4.78, 5) is 0.176. The molecule has 1 aromatic carbocycles. The molecule has 1 atom stereocenters. The summed E-state index contributed by atoms with van der Waals surface area (Å²) < 4.78 is 26.9. The number of hydrogen-bond donors (Lipinski definition) is 2. The van der Waals surface area contributed by atoms with Crippen LogP contribution in [-0.4, -0.2) is 31.1 Å². The van der Waals surface area contributed by atoms with Crippen molar-refractivity contribution in [2.24, 2.45) is 0 Å². The van der Waals surface area contributed by atoms with Gasteiger partial charge in [0.2, 0.25) is 10.0 Å². The molecular weight excluding hydrogens is 270 g/mol. The maximum atomic E-state index is 12.1. The predicted octanol–water partition coefficient (Wildman–Crippen LogP) is 1.35. The lowest BCUT2D eigenvalue weighted by atomic mass is 10.2. The Morgan fingerprint density at radius 1 is 1.39 bits per heavy atom. The Morgan fingerprint density at radius 2 is 2.17 bits per heavy atom. The van der Waals surface area contributed by atoms with Gasteiger partial charge < -0.3 is 5.11 Å². The standard InChI is InChI=1S/C12H17NO3S2/c14-9-10-4-1-2-6-12(10)18(15,16)13-8-11-5-3-7-17-11/h1-2,4,6,11,13-14H,3,5,7-9H2. The molecule has 0 radical (unpaired) electrons. The largest absolute Gasteiger partial charge is 0.392 e. The molecule has 0 aromatic heterocycles. The van der Waals surface area contributed by atoms with Gasteiger partial charge in [-0.25, -0.2) is 13.1 Å². The highest BCUT2D eigenvalue weighted by molar-refractivity contribution is 8.00. The summed E-state index contributed by atoms with van der Waals surface area (Å²) in [5, 5.41) is 9.54. The second-order valence-corrected chi connectivity index (χ2v) is 7.40. The quantitative estimate of drug-likeness (QED) is 0.858. The third-order valence-electron chi connectivity index (χ3n) is 2.96. The Balaban J connectivity index is 2.09. The molecule has 1 saturated heterocycles. The van der Waals surface area contributed by atoms with Crippen LogP contribution in [0.3, 0.4) is 0 Å². The van der Waals surface area contributed by atoms with Gasteiger partial charge >= 0.3 is 0 Å². The van der Waals surface area contributed by atoms with Gasteiger partial charge in [0, 0.05) is 11.8 Å². The average molecular weight is 287 g/mol. The van der Waals surface area contributed by atoms with Gasteiger partial charge in [0.25, 0.3) is 0 Å². The average Bonchev–Trinajstić information content (AvgIpc) is 2.89. The third kappa shape index (κ3) is 3.26. The first-order valence-electron chi connectivity index (χ1n) is 5.93. The van der Waals surface area contributed by atoms with E-state index in [1.807, 2.05) is 11.8 Å². The fourth-order valence-corrected chi connectivity index (χ4v) is 4.60. The molecule has 100 valence electrons. The Kier molecular flexibility index (Phi) is 4.66. The van der Waals surface area contributed by atoms with Gasteiger partial charge in [-0.05, 0) is 30.2 Å². The molecule has 1 aliphatic rings. The van der Waals surface area contributed by atoms with E-state index in [1.165, 1.54) is 6.07 Å². The van der Waals surface area contributed by atoms with Crippen LogP contribution < -0.4 is 4.72 Å². The number of nitrogens with one attached hydrogen (secondary N) is 1. The minimum Gasteiger partial charge on any atom is -0.392 e. The van der Waals surface area contributed by atoms with Crippen molar-refractivity contribution in [3.8, 4) is 0 Å². The molecule has 2 N–H and O–H groups in total. The van der Waals surface area contributed by atoms with Gasteiger partial charge in [-0.1, -0.05) is 18.2 Å². The lowest BCUT2D eigenvalue weighted by Crippen LogP contribution is -2.30. The Labute approximate surface area is 112 Å². The summed E-state index contributed by atoms with van der Waals surface area (Å²) in [6.45, 7) is 0.196. The van der Waals surface area contributed by atoms with Gasteiger partial charge in [-0.2, -0.15) is 11.8 Å². The smallest absolute Gasteiger partial charge is 0.240 e. The fourth-order valence-electron chi connectivity index (χ4n) is 1.98. The molecule has 6 heteroatoms. The first-order valence-corrected chi connectivity index (χ1v) is 8.47. The van der Waals surface area contributed by atoms with Crippen molar-refractivity contribution < 1.29 is 13.5 Å². The molecule has 1 aliphatic heterocycles. The molecule has 18 heavy (non-hydrogen) atoms. The summed E-state index contributed by atoms with van der Waals surface area (Å²) in [6.07, 6.45) is 2.22. The van der Waals surface area contributed by atoms with Gasteiger partial charge in [0.1, 0.15) is 0 Å². The molecule has 0 amide bonds. The minimum absolute atomic E-state index is 0.176. The number of rotatable bonds is 5. The van der Waals surface area contributed by atoms with Crippen LogP contribution >= 0.6 is 11.8 Å². The zero-order valence-corrected chi connectivity index (χ0v) is 11.6. The summed E-state index contributed by atoms with van der Waals surface area (Å²) in [7, 11) is -3.51. The van der Waals surface area contributed by atoms with E-state index in [2.05, 4.69) is 4.72 Å². The monoisotopic (exact) mass is 287 g/mol. The van der Waals surface area contributed by atoms with Crippen molar-refractivity contribution >= 4 is 21.8 Å². The first-order chi connectivity index (χ1) is 8.63. The van der Waals surface area contributed by atoms with Crippen LogP contribution in [0.5, 0.6) is 0 Å². The molecule has 0 saturated carbocycles. The number of aliphatic hydroxyl groups is 1. The number of sulfonamides is 1. The highest BCUT2D eigenvalue weighted by Gasteiger charge is 2.21. The second kappa shape index (κ2) is 6.06. The third-order valence-corrected chi connectivity index (χ3v) is 5.88. The second-order valence-electron chi connectivity index (χ2n) is 4.25. The van der Waals surface area contributed by atoms with E-state index in [-0.39, 0.29) is 11.5 Å². The van der Waals surface area contributed by atoms with Crippen molar-refractivity contribution in [1.29, 1.82) is 0 Å². The van der Waals surface area contributed by atoms with Crippen molar-refractivity contribution in [2.45, 2.75) is 29.6 Å². The normalized spacial score (nSPS) is 20.2. The van der Waals surface area contributed by atoms with Crippen molar-refractivity contribution in [2.75, 3.05) is 12.3 Å². The topological polar surface area (TPSA) is 66.4 Å². The van der Waals surface area contributed by atoms with Gasteiger partial charge in [0.15, 0.2) is 0 Å². The van der Waals surface area contributed by atoms with E-state index in [1.54, 1.807) is 18.2 Å². The van der Waals surface area contributed by atoms with Gasteiger partial charge in [-0.3, -0.25) is 0 Å². The number of aliphatic hydroxyl groups excluding tert-OH is 1. The molecule has 2 rings (SSSR count). The summed E-state index contributed by atoms with van der Waals surface area (Å²) in [6, 6.07) is 6.53. The van der Waals surface area contributed by atoms with E-state index >= 15 is 0 Å². The number of thioether (sulfide) groups is 1. The zero-order chi connectivity index (χ0) is 13.0. The molecule has 0 aliphatic carbocycles. The van der Waals surface area contributed by atoms with Crippen LogP contribution in [0.25, 0.3) is 0 Å². The SMILES string of the molecule is O=S(=O)(NCC1CCCS1)c1ccccc1CO. The maximum absolute atomic E-state index is 12.1. The van der Waals surface area contributed by atoms with Crippen LogP contribution in [-0.2, 0) is 16.6 Å². The van der Waals surface area contributed by atoms with E-state index < -0.39 is 10.0 Å². The molecule has 1 aromatic rings. The number of benzene rings is 1. The first kappa shape index (κ1) is 13.9. The van der Waals surface area contributed by atoms with Crippen LogP contribution in [0.1, 0.15) is 18.4 Å². The minimum atomic E-state index is -3.51.